The van der Waals surface area contributed by atoms with E-state index in [0.29, 0.717) is 34.6 Å². The third-order valence-corrected chi connectivity index (χ3v) is 6.68. The van der Waals surface area contributed by atoms with Gasteiger partial charge in [0.05, 0.1) is 28.3 Å². The molecule has 7 heteroatoms. The third kappa shape index (κ3) is 2.99. The molecule has 3 aromatic rings. The normalized spacial score (nSPS) is 16.2. The van der Waals surface area contributed by atoms with Crippen LogP contribution in [0.3, 0.4) is 0 Å². The number of halogens is 1. The van der Waals surface area contributed by atoms with Crippen LogP contribution in [0.4, 0.5) is 5.82 Å². The minimum absolute atomic E-state index is 0.0456. The summed E-state index contributed by atoms with van der Waals surface area (Å²) < 4.78 is 30.3. The van der Waals surface area contributed by atoms with Gasteiger partial charge in [0.1, 0.15) is 11.6 Å². The number of anilines is 1. The number of sulfone groups is 1. The molecule has 0 amide bonds. The van der Waals surface area contributed by atoms with E-state index in [-0.39, 0.29) is 5.75 Å². The standard InChI is InChI=1S/C19H17ClN2O3S/c1-25-14-6-7-17-15(10-14)16(20)11-19(21-17)22-8-9-26(23,24)18-5-3-2-4-13(18)12-22/h2-7,10-11H,8-9,12H2,1H3. The molecule has 0 radical (unpaired) electrons. The summed E-state index contributed by atoms with van der Waals surface area (Å²) in [5.74, 6) is 1.42. The number of nitrogens with zero attached hydrogens (tertiary/aromatic N) is 2. The van der Waals surface area contributed by atoms with Crippen molar-refractivity contribution in [3.05, 3.63) is 59.1 Å². The van der Waals surface area contributed by atoms with Crippen molar-refractivity contribution in [1.82, 2.24) is 4.98 Å². The van der Waals surface area contributed by atoms with Gasteiger partial charge in [0.2, 0.25) is 0 Å². The van der Waals surface area contributed by atoms with Crippen molar-refractivity contribution in [1.29, 1.82) is 0 Å². The van der Waals surface area contributed by atoms with E-state index >= 15 is 0 Å². The molecule has 2 heterocycles. The first-order valence-corrected chi connectivity index (χ1v) is 10.2. The lowest BCUT2D eigenvalue weighted by Crippen LogP contribution is -2.26. The van der Waals surface area contributed by atoms with Gasteiger partial charge in [-0.1, -0.05) is 29.8 Å². The second-order valence-corrected chi connectivity index (χ2v) is 8.68. The molecule has 26 heavy (non-hydrogen) atoms. The Morgan fingerprint density at radius 1 is 1.15 bits per heavy atom. The molecule has 0 saturated carbocycles. The van der Waals surface area contributed by atoms with E-state index in [1.807, 2.05) is 35.2 Å². The first kappa shape index (κ1) is 17.1. The summed E-state index contributed by atoms with van der Waals surface area (Å²) in [7, 11) is -1.70. The van der Waals surface area contributed by atoms with Crippen molar-refractivity contribution < 1.29 is 13.2 Å². The highest BCUT2D eigenvalue weighted by atomic mass is 35.5. The number of rotatable bonds is 2. The van der Waals surface area contributed by atoms with Crippen LogP contribution in [0.15, 0.2) is 53.4 Å². The van der Waals surface area contributed by atoms with Crippen LogP contribution in [0, 0.1) is 0 Å². The van der Waals surface area contributed by atoms with Crippen LogP contribution in [0.25, 0.3) is 10.9 Å². The molecule has 1 aromatic heterocycles. The SMILES string of the molecule is COc1ccc2nc(N3CCS(=O)(=O)c4ccccc4C3)cc(Cl)c2c1. The highest BCUT2D eigenvalue weighted by Crippen LogP contribution is 2.32. The monoisotopic (exact) mass is 388 g/mol. The van der Waals surface area contributed by atoms with Crippen molar-refractivity contribution in [2.24, 2.45) is 0 Å². The Hall–Kier alpha value is -2.31. The number of fused-ring (bicyclic) bond motifs is 2. The van der Waals surface area contributed by atoms with Gasteiger partial charge in [-0.3, -0.25) is 0 Å². The summed E-state index contributed by atoms with van der Waals surface area (Å²) in [4.78, 5) is 7.05. The zero-order valence-corrected chi connectivity index (χ0v) is 15.7. The van der Waals surface area contributed by atoms with Crippen molar-refractivity contribution in [2.45, 2.75) is 11.4 Å². The van der Waals surface area contributed by atoms with Crippen LogP contribution < -0.4 is 9.64 Å². The van der Waals surface area contributed by atoms with Crippen molar-refractivity contribution >= 4 is 38.2 Å². The van der Waals surface area contributed by atoms with E-state index < -0.39 is 9.84 Å². The lowest BCUT2D eigenvalue weighted by Gasteiger charge is -2.22. The minimum Gasteiger partial charge on any atom is -0.497 e. The van der Waals surface area contributed by atoms with Gasteiger partial charge in [-0.2, -0.15) is 0 Å². The van der Waals surface area contributed by atoms with Crippen LogP contribution in [0.5, 0.6) is 5.75 Å². The third-order valence-electron chi connectivity index (χ3n) is 4.57. The Bertz CT molecular complexity index is 1100. The van der Waals surface area contributed by atoms with Gasteiger partial charge in [-0.05, 0) is 35.9 Å². The fourth-order valence-corrected chi connectivity index (χ4v) is 4.95. The summed E-state index contributed by atoms with van der Waals surface area (Å²) in [6.07, 6.45) is 0. The number of aromatic nitrogens is 1. The van der Waals surface area contributed by atoms with Gasteiger partial charge in [0.15, 0.2) is 9.84 Å². The van der Waals surface area contributed by atoms with Gasteiger partial charge in [-0.25, -0.2) is 13.4 Å². The van der Waals surface area contributed by atoms with E-state index in [4.69, 9.17) is 16.3 Å². The number of hydrogen-bond donors (Lipinski definition) is 0. The number of methoxy groups -OCH3 is 1. The fraction of sp³-hybridized carbons (Fsp3) is 0.211. The van der Waals surface area contributed by atoms with Gasteiger partial charge in [-0.15, -0.1) is 0 Å². The molecule has 0 aliphatic carbocycles. The van der Waals surface area contributed by atoms with Gasteiger partial charge < -0.3 is 9.64 Å². The maximum Gasteiger partial charge on any atom is 0.180 e. The van der Waals surface area contributed by atoms with Gasteiger partial charge in [0, 0.05) is 18.5 Å². The smallest absolute Gasteiger partial charge is 0.180 e. The molecule has 2 aromatic carbocycles. The van der Waals surface area contributed by atoms with Gasteiger partial charge >= 0.3 is 0 Å². The average molecular weight is 389 g/mol. The van der Waals surface area contributed by atoms with E-state index in [9.17, 15) is 8.42 Å². The molecule has 0 bridgehead atoms. The highest BCUT2D eigenvalue weighted by Gasteiger charge is 2.26. The first-order chi connectivity index (χ1) is 12.5. The predicted molar refractivity (Wildman–Crippen MR) is 103 cm³/mol. The molecule has 4 rings (SSSR count). The lowest BCUT2D eigenvalue weighted by molar-refractivity contribution is 0.415. The van der Waals surface area contributed by atoms with Gasteiger partial charge in [0.25, 0.3) is 0 Å². The molecule has 0 unspecified atom stereocenters. The average Bonchev–Trinajstić information content (AvgIpc) is 2.78. The lowest BCUT2D eigenvalue weighted by atomic mass is 10.2. The molecule has 0 spiro atoms. The summed E-state index contributed by atoms with van der Waals surface area (Å²) in [5.41, 5.74) is 1.52. The quantitative estimate of drug-likeness (QED) is 0.670. The summed E-state index contributed by atoms with van der Waals surface area (Å²) in [5, 5.41) is 1.36. The van der Waals surface area contributed by atoms with Crippen molar-refractivity contribution in [3.8, 4) is 5.75 Å². The Kier molecular flexibility index (Phi) is 4.25. The van der Waals surface area contributed by atoms with Crippen molar-refractivity contribution in [2.75, 3.05) is 24.3 Å². The van der Waals surface area contributed by atoms with E-state index in [1.54, 1.807) is 25.3 Å². The Morgan fingerprint density at radius 3 is 2.77 bits per heavy atom. The Balaban J connectivity index is 1.79. The predicted octanol–water partition coefficient (Wildman–Crippen LogP) is 3.69. The number of hydrogen-bond acceptors (Lipinski definition) is 5. The topological polar surface area (TPSA) is 59.5 Å². The number of benzene rings is 2. The van der Waals surface area contributed by atoms with Crippen LogP contribution in [0.1, 0.15) is 5.56 Å². The number of ether oxygens (including phenoxy) is 1. The molecular formula is C19H17ClN2O3S. The first-order valence-electron chi connectivity index (χ1n) is 8.18. The zero-order chi connectivity index (χ0) is 18.3. The van der Waals surface area contributed by atoms with E-state index in [2.05, 4.69) is 4.98 Å². The highest BCUT2D eigenvalue weighted by molar-refractivity contribution is 7.91. The molecule has 1 aliphatic heterocycles. The zero-order valence-electron chi connectivity index (χ0n) is 14.1. The molecule has 5 nitrogen and oxygen atoms in total. The van der Waals surface area contributed by atoms with E-state index in [0.717, 1.165) is 16.5 Å². The molecule has 0 atom stereocenters. The second-order valence-electron chi connectivity index (χ2n) is 6.19. The summed E-state index contributed by atoms with van der Waals surface area (Å²) in [6.45, 7) is 0.836. The van der Waals surface area contributed by atoms with Crippen LogP contribution >= 0.6 is 11.6 Å². The van der Waals surface area contributed by atoms with Crippen LogP contribution in [-0.2, 0) is 16.4 Å². The van der Waals surface area contributed by atoms with Crippen LogP contribution in [-0.4, -0.2) is 32.8 Å². The Morgan fingerprint density at radius 2 is 1.96 bits per heavy atom. The molecule has 0 fully saturated rings. The maximum absolute atomic E-state index is 12.5. The number of pyridine rings is 1. The van der Waals surface area contributed by atoms with Crippen LogP contribution in [0.2, 0.25) is 5.02 Å². The van der Waals surface area contributed by atoms with Crippen molar-refractivity contribution in [3.63, 3.8) is 0 Å². The Labute approximate surface area is 157 Å². The maximum atomic E-state index is 12.5. The molecular weight excluding hydrogens is 372 g/mol. The summed E-state index contributed by atoms with van der Waals surface area (Å²) >= 11 is 6.47. The molecule has 1 aliphatic rings. The summed E-state index contributed by atoms with van der Waals surface area (Å²) in [6, 6.07) is 14.4. The molecule has 0 saturated heterocycles. The molecule has 0 N–H and O–H groups in total. The second kappa shape index (κ2) is 6.45. The molecule has 134 valence electrons. The largest absolute Gasteiger partial charge is 0.497 e. The minimum atomic E-state index is -3.30. The van der Waals surface area contributed by atoms with E-state index in [1.165, 1.54) is 0 Å². The fourth-order valence-electron chi connectivity index (χ4n) is 3.20.